The molecule has 0 aliphatic carbocycles. The lowest BCUT2D eigenvalue weighted by atomic mass is 9.94. The Balaban J connectivity index is 0.00000324. The second-order valence-electron chi connectivity index (χ2n) is 4.84. The third-order valence-electron chi connectivity index (χ3n) is 3.34. The smallest absolute Gasteiger partial charge is 0.227 e. The first kappa shape index (κ1) is 17.9. The van der Waals surface area contributed by atoms with Crippen molar-refractivity contribution in [3.63, 3.8) is 0 Å². The molecule has 108 valence electrons. The van der Waals surface area contributed by atoms with E-state index in [4.69, 9.17) is 5.73 Å². The Morgan fingerprint density at radius 1 is 1.32 bits per heavy atom. The molecule has 19 heavy (non-hydrogen) atoms. The van der Waals surface area contributed by atoms with Crippen LogP contribution in [-0.4, -0.2) is 24.4 Å². The molecule has 0 aliphatic heterocycles. The van der Waals surface area contributed by atoms with Crippen LogP contribution in [0.2, 0.25) is 0 Å². The molecule has 2 atom stereocenters. The molecule has 1 rings (SSSR count). The van der Waals surface area contributed by atoms with Crippen molar-refractivity contribution in [2.45, 2.75) is 32.7 Å². The van der Waals surface area contributed by atoms with Crippen LogP contribution in [0.1, 0.15) is 38.3 Å². The van der Waals surface area contributed by atoms with E-state index in [9.17, 15) is 4.79 Å². The fourth-order valence-electron chi connectivity index (χ4n) is 1.97. The molecule has 1 aromatic rings. The minimum Gasteiger partial charge on any atom is -0.345 e. The van der Waals surface area contributed by atoms with Gasteiger partial charge in [-0.3, -0.25) is 4.79 Å². The zero-order chi connectivity index (χ0) is 13.5. The molecular formula is C15H25ClN2O. The van der Waals surface area contributed by atoms with Gasteiger partial charge in [-0.1, -0.05) is 50.6 Å². The third kappa shape index (κ3) is 5.21. The van der Waals surface area contributed by atoms with Crippen molar-refractivity contribution < 1.29 is 4.79 Å². The fourth-order valence-corrected chi connectivity index (χ4v) is 1.97. The fraction of sp³-hybridized carbons (Fsp3) is 0.533. The first-order valence-corrected chi connectivity index (χ1v) is 6.63. The Morgan fingerprint density at radius 3 is 2.42 bits per heavy atom. The van der Waals surface area contributed by atoms with E-state index in [0.29, 0.717) is 0 Å². The van der Waals surface area contributed by atoms with E-state index in [0.717, 1.165) is 24.9 Å². The summed E-state index contributed by atoms with van der Waals surface area (Å²) in [6, 6.07) is 9.57. The summed E-state index contributed by atoms with van der Waals surface area (Å²) in [5.41, 5.74) is 7.17. The largest absolute Gasteiger partial charge is 0.345 e. The maximum absolute atomic E-state index is 12.2. The minimum absolute atomic E-state index is 0. The average molecular weight is 285 g/mol. The Kier molecular flexibility index (Phi) is 8.44. The highest BCUT2D eigenvalue weighted by molar-refractivity contribution is 5.85. The SMILES string of the molecule is CCCCN(C)C(=O)C(C)C(N)c1ccccc1.Cl. The van der Waals surface area contributed by atoms with E-state index >= 15 is 0 Å². The highest BCUT2D eigenvalue weighted by Crippen LogP contribution is 2.20. The Hall–Kier alpha value is -1.06. The number of carbonyl (C=O) groups excluding carboxylic acids is 1. The maximum Gasteiger partial charge on any atom is 0.227 e. The molecule has 2 N–H and O–H groups in total. The number of hydrogen-bond donors (Lipinski definition) is 1. The Bertz CT molecular complexity index is 370. The van der Waals surface area contributed by atoms with Crippen LogP contribution in [0.25, 0.3) is 0 Å². The second kappa shape index (κ2) is 8.94. The lowest BCUT2D eigenvalue weighted by Crippen LogP contribution is -2.37. The van der Waals surface area contributed by atoms with Crippen molar-refractivity contribution in [1.82, 2.24) is 4.90 Å². The highest BCUT2D eigenvalue weighted by atomic mass is 35.5. The average Bonchev–Trinajstić information content (AvgIpc) is 2.43. The van der Waals surface area contributed by atoms with Gasteiger partial charge >= 0.3 is 0 Å². The van der Waals surface area contributed by atoms with E-state index in [1.54, 1.807) is 4.90 Å². The first-order valence-electron chi connectivity index (χ1n) is 6.63. The van der Waals surface area contributed by atoms with Crippen LogP contribution in [0.5, 0.6) is 0 Å². The van der Waals surface area contributed by atoms with Gasteiger partial charge in [0.05, 0.1) is 5.92 Å². The monoisotopic (exact) mass is 284 g/mol. The van der Waals surface area contributed by atoms with Crippen molar-refractivity contribution >= 4 is 18.3 Å². The normalized spacial score (nSPS) is 13.3. The van der Waals surface area contributed by atoms with Crippen LogP contribution in [0, 0.1) is 5.92 Å². The standard InChI is InChI=1S/C15H24N2O.ClH/c1-4-5-11-17(3)15(18)12(2)14(16)13-9-7-6-8-10-13;/h6-10,12,14H,4-5,11,16H2,1-3H3;1H. The molecule has 0 fully saturated rings. The van der Waals surface area contributed by atoms with Crippen molar-refractivity contribution in [1.29, 1.82) is 0 Å². The van der Waals surface area contributed by atoms with Crippen LogP contribution < -0.4 is 5.73 Å². The zero-order valence-electron chi connectivity index (χ0n) is 12.0. The van der Waals surface area contributed by atoms with Crippen molar-refractivity contribution in [3.05, 3.63) is 35.9 Å². The molecule has 0 saturated carbocycles. The molecule has 0 bridgehead atoms. The van der Waals surface area contributed by atoms with Crippen molar-refractivity contribution in [2.75, 3.05) is 13.6 Å². The second-order valence-corrected chi connectivity index (χ2v) is 4.84. The van der Waals surface area contributed by atoms with Crippen LogP contribution >= 0.6 is 12.4 Å². The Labute approximate surface area is 122 Å². The first-order chi connectivity index (χ1) is 8.57. The third-order valence-corrected chi connectivity index (χ3v) is 3.34. The number of nitrogens with two attached hydrogens (primary N) is 1. The number of benzene rings is 1. The molecule has 4 heteroatoms. The molecule has 0 saturated heterocycles. The predicted molar refractivity (Wildman–Crippen MR) is 82.3 cm³/mol. The number of amides is 1. The molecule has 3 nitrogen and oxygen atoms in total. The van der Waals surface area contributed by atoms with E-state index < -0.39 is 0 Å². The van der Waals surface area contributed by atoms with Gasteiger partial charge in [0.1, 0.15) is 0 Å². The quantitative estimate of drug-likeness (QED) is 0.873. The van der Waals surface area contributed by atoms with Crippen molar-refractivity contribution in [2.24, 2.45) is 11.7 Å². The molecule has 0 heterocycles. The van der Waals surface area contributed by atoms with Gasteiger partial charge in [-0.25, -0.2) is 0 Å². The van der Waals surface area contributed by atoms with Gasteiger partial charge < -0.3 is 10.6 Å². The van der Waals surface area contributed by atoms with Crippen LogP contribution in [0.4, 0.5) is 0 Å². The lowest BCUT2D eigenvalue weighted by molar-refractivity contribution is -0.134. The molecule has 1 aromatic carbocycles. The van der Waals surface area contributed by atoms with E-state index in [1.165, 1.54) is 0 Å². The predicted octanol–water partition coefficient (Wildman–Crippen LogP) is 3.00. The topological polar surface area (TPSA) is 46.3 Å². The summed E-state index contributed by atoms with van der Waals surface area (Å²) in [4.78, 5) is 14.0. The number of halogens is 1. The van der Waals surface area contributed by atoms with E-state index in [1.807, 2.05) is 44.3 Å². The number of unbranched alkanes of at least 4 members (excludes halogenated alkanes) is 1. The lowest BCUT2D eigenvalue weighted by Gasteiger charge is -2.25. The maximum atomic E-state index is 12.2. The Morgan fingerprint density at radius 2 is 1.89 bits per heavy atom. The van der Waals surface area contributed by atoms with Gasteiger partial charge in [-0.05, 0) is 12.0 Å². The molecule has 0 radical (unpaired) electrons. The van der Waals surface area contributed by atoms with Gasteiger partial charge in [0.2, 0.25) is 5.91 Å². The summed E-state index contributed by atoms with van der Waals surface area (Å²) in [6.45, 7) is 4.83. The number of hydrogen-bond acceptors (Lipinski definition) is 2. The summed E-state index contributed by atoms with van der Waals surface area (Å²) >= 11 is 0. The number of rotatable bonds is 6. The van der Waals surface area contributed by atoms with E-state index in [2.05, 4.69) is 6.92 Å². The number of nitrogens with zero attached hydrogens (tertiary/aromatic N) is 1. The summed E-state index contributed by atoms with van der Waals surface area (Å²) < 4.78 is 0. The van der Waals surface area contributed by atoms with Crippen LogP contribution in [-0.2, 0) is 4.79 Å². The van der Waals surface area contributed by atoms with Crippen LogP contribution in [0.3, 0.4) is 0 Å². The summed E-state index contributed by atoms with van der Waals surface area (Å²) in [5.74, 6) is -0.0611. The van der Waals surface area contributed by atoms with Gasteiger partial charge in [0.15, 0.2) is 0 Å². The molecule has 0 aliphatic rings. The molecular weight excluding hydrogens is 260 g/mol. The molecule has 0 spiro atoms. The molecule has 1 amide bonds. The van der Waals surface area contributed by atoms with Gasteiger partial charge in [-0.15, -0.1) is 12.4 Å². The van der Waals surface area contributed by atoms with Gasteiger partial charge in [0, 0.05) is 19.6 Å². The minimum atomic E-state index is -0.234. The summed E-state index contributed by atoms with van der Waals surface area (Å²) in [5, 5.41) is 0. The molecule has 2 unspecified atom stereocenters. The van der Waals surface area contributed by atoms with Gasteiger partial charge in [-0.2, -0.15) is 0 Å². The van der Waals surface area contributed by atoms with Crippen molar-refractivity contribution in [3.8, 4) is 0 Å². The zero-order valence-corrected chi connectivity index (χ0v) is 12.8. The van der Waals surface area contributed by atoms with E-state index in [-0.39, 0.29) is 30.3 Å². The van der Waals surface area contributed by atoms with Gasteiger partial charge in [0.25, 0.3) is 0 Å². The summed E-state index contributed by atoms with van der Waals surface area (Å²) in [6.07, 6.45) is 2.13. The van der Waals surface area contributed by atoms with Crippen LogP contribution in [0.15, 0.2) is 30.3 Å². The highest BCUT2D eigenvalue weighted by Gasteiger charge is 2.24. The summed E-state index contributed by atoms with van der Waals surface area (Å²) in [7, 11) is 1.85. The number of carbonyl (C=O) groups is 1. The molecule has 0 aromatic heterocycles.